The zero-order chi connectivity index (χ0) is 18.5. The molecule has 0 radical (unpaired) electrons. The minimum absolute atomic E-state index is 0.349. The average Bonchev–Trinajstić information content (AvgIpc) is 2.64. The van der Waals surface area contributed by atoms with Crippen molar-refractivity contribution in [1.29, 1.82) is 0 Å². The van der Waals surface area contributed by atoms with Crippen molar-refractivity contribution in [2.24, 2.45) is 0 Å². The van der Waals surface area contributed by atoms with E-state index in [0.717, 1.165) is 32.0 Å². The molecule has 1 aromatic carbocycles. The second kappa shape index (κ2) is 8.38. The van der Waals surface area contributed by atoms with Crippen molar-refractivity contribution in [3.63, 3.8) is 0 Å². The number of hydrogen-bond acceptors (Lipinski definition) is 4. The molecule has 26 heavy (non-hydrogen) atoms. The fourth-order valence-corrected chi connectivity index (χ4v) is 3.14. The van der Waals surface area contributed by atoms with Crippen LogP contribution in [-0.2, 0) is 0 Å². The van der Waals surface area contributed by atoms with Crippen LogP contribution in [0, 0.1) is 0 Å². The van der Waals surface area contributed by atoms with Crippen LogP contribution in [-0.4, -0.2) is 48.1 Å². The molecule has 0 saturated carbocycles. The van der Waals surface area contributed by atoms with Gasteiger partial charge in [0.05, 0.1) is 22.6 Å². The van der Waals surface area contributed by atoms with Gasteiger partial charge in [0, 0.05) is 32.2 Å². The summed E-state index contributed by atoms with van der Waals surface area (Å²) in [5, 5.41) is 6.00. The van der Waals surface area contributed by atoms with Gasteiger partial charge in [-0.15, -0.1) is 0 Å². The summed E-state index contributed by atoms with van der Waals surface area (Å²) in [5.74, 6) is 0.936. The molecule has 2 amide bonds. The smallest absolute Gasteiger partial charge is 0.323 e. The number of anilines is 3. The highest BCUT2D eigenvalue weighted by molar-refractivity contribution is 6.33. The quantitative estimate of drug-likeness (QED) is 0.853. The molecule has 7 heteroatoms. The molecule has 1 aliphatic heterocycles. The van der Waals surface area contributed by atoms with E-state index in [4.69, 9.17) is 11.6 Å². The van der Waals surface area contributed by atoms with Gasteiger partial charge in [-0.2, -0.15) is 0 Å². The van der Waals surface area contributed by atoms with Gasteiger partial charge >= 0.3 is 6.03 Å². The molecule has 1 fully saturated rings. The van der Waals surface area contributed by atoms with Crippen LogP contribution in [0.4, 0.5) is 22.0 Å². The lowest BCUT2D eigenvalue weighted by molar-refractivity contribution is 0.209. The molecule has 1 aliphatic rings. The molecule has 0 unspecified atom stereocenters. The molecule has 1 saturated heterocycles. The summed E-state index contributed by atoms with van der Waals surface area (Å²) in [7, 11) is 0. The third-order valence-electron chi connectivity index (χ3n) is 4.50. The van der Waals surface area contributed by atoms with Gasteiger partial charge in [-0.05, 0) is 38.1 Å². The van der Waals surface area contributed by atoms with Crippen molar-refractivity contribution < 1.29 is 4.79 Å². The normalized spacial score (nSPS) is 15.2. The van der Waals surface area contributed by atoms with E-state index in [1.54, 1.807) is 18.3 Å². The first-order valence-electron chi connectivity index (χ1n) is 8.80. The summed E-state index contributed by atoms with van der Waals surface area (Å²) in [6.45, 7) is 8.46. The number of para-hydroxylation sites is 1. The van der Waals surface area contributed by atoms with Crippen LogP contribution in [0.25, 0.3) is 0 Å². The lowest BCUT2D eigenvalue weighted by Crippen LogP contribution is -2.49. The Hall–Kier alpha value is -2.31. The summed E-state index contributed by atoms with van der Waals surface area (Å²) in [5.41, 5.74) is 1.21. The van der Waals surface area contributed by atoms with Crippen molar-refractivity contribution in [2.45, 2.75) is 19.9 Å². The summed E-state index contributed by atoms with van der Waals surface area (Å²) in [6, 6.07) is 11.1. The van der Waals surface area contributed by atoms with Gasteiger partial charge in [-0.25, -0.2) is 9.78 Å². The molecule has 0 aliphatic carbocycles. The Labute approximate surface area is 159 Å². The molecule has 0 atom stereocenters. The first-order valence-corrected chi connectivity index (χ1v) is 9.18. The predicted octanol–water partition coefficient (Wildman–Crippen LogP) is 3.91. The largest absolute Gasteiger partial charge is 0.354 e. The van der Waals surface area contributed by atoms with Gasteiger partial charge < -0.3 is 15.5 Å². The summed E-state index contributed by atoms with van der Waals surface area (Å²) < 4.78 is 0. The Morgan fingerprint density at radius 3 is 2.42 bits per heavy atom. The molecule has 138 valence electrons. The number of carbonyl (C=O) groups excluding carboxylic acids is 1. The predicted molar refractivity (Wildman–Crippen MR) is 107 cm³/mol. The van der Waals surface area contributed by atoms with E-state index in [-0.39, 0.29) is 6.03 Å². The number of amides is 2. The second-order valence-corrected chi connectivity index (χ2v) is 6.99. The molecular weight excluding hydrogens is 350 g/mol. The van der Waals surface area contributed by atoms with E-state index < -0.39 is 0 Å². The lowest BCUT2D eigenvalue weighted by Gasteiger charge is -2.37. The molecule has 2 N–H and O–H groups in total. The number of pyridine rings is 1. The number of hydrogen-bond donors (Lipinski definition) is 2. The highest BCUT2D eigenvalue weighted by atomic mass is 35.5. The first kappa shape index (κ1) is 18.5. The molecule has 2 aromatic rings. The Bertz CT molecular complexity index is 742. The maximum atomic E-state index is 12.1. The van der Waals surface area contributed by atoms with E-state index in [0.29, 0.717) is 22.4 Å². The van der Waals surface area contributed by atoms with Crippen molar-refractivity contribution in [1.82, 2.24) is 9.88 Å². The Kier molecular flexibility index (Phi) is 5.96. The number of rotatable bonds is 4. The lowest BCUT2D eigenvalue weighted by atomic mass is 10.2. The van der Waals surface area contributed by atoms with Gasteiger partial charge in [-0.1, -0.05) is 23.7 Å². The number of nitrogens with zero attached hydrogens (tertiary/aromatic N) is 3. The van der Waals surface area contributed by atoms with Crippen LogP contribution < -0.4 is 15.5 Å². The number of halogens is 1. The fraction of sp³-hybridized carbons (Fsp3) is 0.368. The van der Waals surface area contributed by atoms with E-state index >= 15 is 0 Å². The topological polar surface area (TPSA) is 60.5 Å². The number of aromatic nitrogens is 1. The molecule has 3 rings (SSSR count). The summed E-state index contributed by atoms with van der Waals surface area (Å²) in [4.78, 5) is 21.3. The van der Waals surface area contributed by atoms with Gasteiger partial charge in [0.15, 0.2) is 0 Å². The van der Waals surface area contributed by atoms with Crippen LogP contribution >= 0.6 is 11.6 Å². The third kappa shape index (κ3) is 4.65. The Morgan fingerprint density at radius 1 is 1.08 bits per heavy atom. The number of nitrogens with one attached hydrogen (secondary N) is 2. The fourth-order valence-electron chi connectivity index (χ4n) is 2.96. The Balaban J connectivity index is 1.55. The van der Waals surface area contributed by atoms with Gasteiger partial charge in [-0.3, -0.25) is 4.90 Å². The number of carbonyl (C=O) groups is 1. The summed E-state index contributed by atoms with van der Waals surface area (Å²) >= 11 is 6.04. The minimum Gasteiger partial charge on any atom is -0.354 e. The first-order chi connectivity index (χ1) is 12.5. The van der Waals surface area contributed by atoms with E-state index in [2.05, 4.69) is 39.3 Å². The van der Waals surface area contributed by atoms with Crippen molar-refractivity contribution in [2.75, 3.05) is 41.7 Å². The zero-order valence-electron chi connectivity index (χ0n) is 15.1. The average molecular weight is 374 g/mol. The monoisotopic (exact) mass is 373 g/mol. The molecule has 6 nitrogen and oxygen atoms in total. The molecule has 1 aromatic heterocycles. The minimum atomic E-state index is -0.349. The van der Waals surface area contributed by atoms with Gasteiger partial charge in [0.2, 0.25) is 0 Å². The van der Waals surface area contributed by atoms with Crippen molar-refractivity contribution in [3.05, 3.63) is 47.6 Å². The van der Waals surface area contributed by atoms with Crippen LogP contribution in [0.5, 0.6) is 0 Å². The van der Waals surface area contributed by atoms with E-state index in [1.807, 2.05) is 24.3 Å². The Morgan fingerprint density at radius 2 is 1.81 bits per heavy atom. The maximum absolute atomic E-state index is 12.1. The van der Waals surface area contributed by atoms with Crippen LogP contribution in [0.3, 0.4) is 0 Å². The zero-order valence-corrected chi connectivity index (χ0v) is 15.8. The standard InChI is InChI=1S/C19H24ClN5O/c1-14(2)24-9-11-25(12-10-24)18-8-7-15(13-21-18)22-19(26)23-17-6-4-3-5-16(17)20/h3-8,13-14H,9-12H2,1-2H3,(H2,22,23,26). The number of piperazine rings is 1. The van der Waals surface area contributed by atoms with Gasteiger partial charge in [0.1, 0.15) is 5.82 Å². The van der Waals surface area contributed by atoms with Crippen LogP contribution in [0.2, 0.25) is 5.02 Å². The highest BCUT2D eigenvalue weighted by Gasteiger charge is 2.19. The van der Waals surface area contributed by atoms with Crippen LogP contribution in [0.15, 0.2) is 42.6 Å². The molecule has 0 bridgehead atoms. The molecule has 2 heterocycles. The molecule has 0 spiro atoms. The maximum Gasteiger partial charge on any atom is 0.323 e. The number of benzene rings is 1. The number of urea groups is 1. The third-order valence-corrected chi connectivity index (χ3v) is 4.83. The SMILES string of the molecule is CC(C)N1CCN(c2ccc(NC(=O)Nc3ccccc3Cl)cn2)CC1. The highest BCUT2D eigenvalue weighted by Crippen LogP contribution is 2.21. The van der Waals surface area contributed by atoms with Crippen molar-refractivity contribution >= 4 is 34.8 Å². The van der Waals surface area contributed by atoms with Gasteiger partial charge in [0.25, 0.3) is 0 Å². The second-order valence-electron chi connectivity index (χ2n) is 6.58. The molecular formula is C19H24ClN5O. The van der Waals surface area contributed by atoms with Crippen LogP contribution in [0.1, 0.15) is 13.8 Å². The van der Waals surface area contributed by atoms with E-state index in [1.165, 1.54) is 0 Å². The van der Waals surface area contributed by atoms with Crippen molar-refractivity contribution in [3.8, 4) is 0 Å². The van der Waals surface area contributed by atoms with E-state index in [9.17, 15) is 4.79 Å². The summed E-state index contributed by atoms with van der Waals surface area (Å²) in [6.07, 6.45) is 1.68.